The Morgan fingerprint density at radius 3 is 2.26 bits per heavy atom. The zero-order valence-corrected chi connectivity index (χ0v) is 23.6. The van der Waals surface area contributed by atoms with Gasteiger partial charge in [-0.05, 0) is 43.5 Å². The van der Waals surface area contributed by atoms with E-state index in [-0.39, 0.29) is 48.7 Å². The minimum Gasteiger partial charge on any atom is -0.352 e. The van der Waals surface area contributed by atoms with Gasteiger partial charge in [0.05, 0.1) is 18.0 Å². The Hall–Kier alpha value is -3.21. The topological polar surface area (TPSA) is 123 Å². The van der Waals surface area contributed by atoms with E-state index < -0.39 is 23.4 Å². The van der Waals surface area contributed by atoms with Gasteiger partial charge in [-0.1, -0.05) is 39.8 Å². The van der Waals surface area contributed by atoms with Crippen LogP contribution in [0.2, 0.25) is 0 Å². The van der Waals surface area contributed by atoms with Crippen LogP contribution in [-0.4, -0.2) is 85.4 Å². The molecule has 5 amide bonds. The second kappa shape index (κ2) is 13.5. The highest BCUT2D eigenvalue weighted by Gasteiger charge is 2.40. The van der Waals surface area contributed by atoms with Gasteiger partial charge < -0.3 is 31.1 Å². The number of amides is 5. The molecule has 4 N–H and O–H groups in total. The molecule has 0 saturated carbocycles. The number of hydrogen-bond acceptors (Lipinski definition) is 5. The number of likely N-dealkylation sites (tertiary alicyclic amines) is 1. The van der Waals surface area contributed by atoms with Gasteiger partial charge in [0.2, 0.25) is 17.7 Å². The first-order valence-electron chi connectivity index (χ1n) is 13.0. The molecule has 0 bridgehead atoms. The van der Waals surface area contributed by atoms with Crippen molar-refractivity contribution in [1.29, 1.82) is 0 Å². The molecule has 0 radical (unpaired) electrons. The average Bonchev–Trinajstić information content (AvgIpc) is 3.37. The molecular formula is C27H43FN6O4. The molecule has 11 heteroatoms. The number of benzene rings is 1. The third-order valence-corrected chi connectivity index (χ3v) is 6.91. The molecular weight excluding hydrogens is 491 g/mol. The van der Waals surface area contributed by atoms with Crippen molar-refractivity contribution in [1.82, 2.24) is 31.1 Å². The molecule has 4 unspecified atom stereocenters. The van der Waals surface area contributed by atoms with Crippen molar-refractivity contribution in [3.05, 3.63) is 35.6 Å². The van der Waals surface area contributed by atoms with E-state index >= 15 is 0 Å². The van der Waals surface area contributed by atoms with Crippen molar-refractivity contribution in [2.45, 2.75) is 65.7 Å². The summed E-state index contributed by atoms with van der Waals surface area (Å²) < 4.78 is 13.1. The second-order valence-corrected chi connectivity index (χ2v) is 11.0. The van der Waals surface area contributed by atoms with Gasteiger partial charge in [0, 0.05) is 33.2 Å². The van der Waals surface area contributed by atoms with Crippen LogP contribution in [0.1, 0.15) is 46.6 Å². The summed E-state index contributed by atoms with van der Waals surface area (Å²) in [6, 6.07) is 4.10. The molecule has 0 aliphatic carbocycles. The SMILES string of the molecule is CNC(=O)N(CC(C)C(=O)NCc1ccc(F)cc1)C1CCN(C(=O)C(NC(=O)C(C)NC)C(C)(C)C)C1. The number of nitrogens with one attached hydrogen (secondary N) is 4. The molecule has 1 fully saturated rings. The Kier molecular flexibility index (Phi) is 11.1. The molecule has 1 aliphatic rings. The fourth-order valence-electron chi connectivity index (χ4n) is 4.31. The van der Waals surface area contributed by atoms with E-state index in [1.807, 2.05) is 20.8 Å². The molecule has 2 rings (SSSR count). The number of carbonyl (C=O) groups excluding carboxylic acids is 4. The predicted octanol–water partition coefficient (Wildman–Crippen LogP) is 1.46. The molecule has 1 saturated heterocycles. The molecule has 0 spiro atoms. The summed E-state index contributed by atoms with van der Waals surface area (Å²) >= 11 is 0. The summed E-state index contributed by atoms with van der Waals surface area (Å²) in [6.07, 6.45) is 0.556. The summed E-state index contributed by atoms with van der Waals surface area (Å²) in [5.74, 6) is -1.55. The highest BCUT2D eigenvalue weighted by Crippen LogP contribution is 2.25. The summed E-state index contributed by atoms with van der Waals surface area (Å²) in [6.45, 7) is 10.3. The first kappa shape index (κ1) is 31.0. The molecule has 1 aromatic carbocycles. The largest absolute Gasteiger partial charge is 0.352 e. The van der Waals surface area contributed by atoms with Crippen LogP contribution < -0.4 is 21.3 Å². The van der Waals surface area contributed by atoms with Crippen molar-refractivity contribution in [3.63, 3.8) is 0 Å². The smallest absolute Gasteiger partial charge is 0.317 e. The van der Waals surface area contributed by atoms with Crippen LogP contribution in [0.25, 0.3) is 0 Å². The zero-order chi connectivity index (χ0) is 28.6. The molecule has 1 aromatic rings. The normalized spacial score (nSPS) is 17.8. The standard InChI is InChI=1S/C27H43FN6O4/c1-17(23(35)31-14-19-8-10-20(28)11-9-19)15-34(26(38)30-7)21-12-13-33(16-21)25(37)22(27(3,4)5)32-24(36)18(2)29-6/h8-11,17-18,21-22,29H,12-16H2,1-7H3,(H,30,38)(H,31,35)(H,32,36). The lowest BCUT2D eigenvalue weighted by molar-refractivity contribution is -0.139. The Labute approximate surface area is 225 Å². The van der Waals surface area contributed by atoms with Gasteiger partial charge in [-0.25, -0.2) is 9.18 Å². The monoisotopic (exact) mass is 534 g/mol. The van der Waals surface area contributed by atoms with Crippen LogP contribution in [0.15, 0.2) is 24.3 Å². The minimum absolute atomic E-state index is 0.167. The maximum absolute atomic E-state index is 13.5. The summed E-state index contributed by atoms with van der Waals surface area (Å²) in [5.41, 5.74) is 0.250. The average molecular weight is 535 g/mol. The second-order valence-electron chi connectivity index (χ2n) is 11.0. The van der Waals surface area contributed by atoms with Crippen LogP contribution in [0.3, 0.4) is 0 Å². The van der Waals surface area contributed by atoms with E-state index in [9.17, 15) is 23.6 Å². The number of rotatable bonds is 10. The number of halogens is 1. The van der Waals surface area contributed by atoms with E-state index in [2.05, 4.69) is 21.3 Å². The number of likely N-dealkylation sites (N-methyl/N-ethyl adjacent to an activating group) is 1. The molecule has 4 atom stereocenters. The van der Waals surface area contributed by atoms with Crippen molar-refractivity contribution < 1.29 is 23.6 Å². The number of hydrogen-bond donors (Lipinski definition) is 4. The minimum atomic E-state index is -0.728. The van der Waals surface area contributed by atoms with E-state index in [1.54, 1.807) is 42.8 Å². The highest BCUT2D eigenvalue weighted by molar-refractivity contribution is 5.90. The maximum atomic E-state index is 13.5. The number of urea groups is 1. The van der Waals surface area contributed by atoms with Crippen LogP contribution in [0, 0.1) is 17.2 Å². The molecule has 212 valence electrons. The Morgan fingerprint density at radius 1 is 1.08 bits per heavy atom. The van der Waals surface area contributed by atoms with E-state index in [1.165, 1.54) is 19.2 Å². The van der Waals surface area contributed by atoms with Crippen LogP contribution in [-0.2, 0) is 20.9 Å². The van der Waals surface area contributed by atoms with E-state index in [0.29, 0.717) is 19.5 Å². The predicted molar refractivity (Wildman–Crippen MR) is 143 cm³/mol. The van der Waals surface area contributed by atoms with E-state index in [4.69, 9.17) is 0 Å². The van der Waals surface area contributed by atoms with Crippen LogP contribution >= 0.6 is 0 Å². The quantitative estimate of drug-likeness (QED) is 0.362. The Bertz CT molecular complexity index is 981. The van der Waals surface area contributed by atoms with Crippen molar-refractivity contribution in [2.24, 2.45) is 11.3 Å². The molecule has 10 nitrogen and oxygen atoms in total. The third kappa shape index (κ3) is 8.41. The summed E-state index contributed by atoms with van der Waals surface area (Å²) in [5, 5.41) is 11.2. The Morgan fingerprint density at radius 2 is 1.71 bits per heavy atom. The molecule has 1 aliphatic heterocycles. The van der Waals surface area contributed by atoms with E-state index in [0.717, 1.165) is 5.56 Å². The van der Waals surface area contributed by atoms with Gasteiger partial charge in [0.15, 0.2) is 0 Å². The van der Waals surface area contributed by atoms with Gasteiger partial charge >= 0.3 is 6.03 Å². The maximum Gasteiger partial charge on any atom is 0.317 e. The van der Waals surface area contributed by atoms with Crippen LogP contribution in [0.4, 0.5) is 9.18 Å². The van der Waals surface area contributed by atoms with Crippen molar-refractivity contribution in [2.75, 3.05) is 33.7 Å². The van der Waals surface area contributed by atoms with Gasteiger partial charge in [-0.3, -0.25) is 14.4 Å². The highest BCUT2D eigenvalue weighted by atomic mass is 19.1. The molecule has 1 heterocycles. The lowest BCUT2D eigenvalue weighted by atomic mass is 9.85. The first-order chi connectivity index (χ1) is 17.8. The molecule has 0 aromatic heterocycles. The zero-order valence-electron chi connectivity index (χ0n) is 23.6. The lowest BCUT2D eigenvalue weighted by Gasteiger charge is -2.35. The number of carbonyl (C=O) groups is 4. The van der Waals surface area contributed by atoms with Crippen molar-refractivity contribution in [3.8, 4) is 0 Å². The first-order valence-corrected chi connectivity index (χ1v) is 13.0. The molecule has 38 heavy (non-hydrogen) atoms. The Balaban J connectivity index is 2.05. The lowest BCUT2D eigenvalue weighted by Crippen LogP contribution is -2.57. The fraction of sp³-hybridized carbons (Fsp3) is 0.630. The van der Waals surface area contributed by atoms with Gasteiger partial charge in [0.1, 0.15) is 11.9 Å². The summed E-state index contributed by atoms with van der Waals surface area (Å²) in [4.78, 5) is 54.8. The third-order valence-electron chi connectivity index (χ3n) is 6.91. The fourth-order valence-corrected chi connectivity index (χ4v) is 4.31. The summed E-state index contributed by atoms with van der Waals surface area (Å²) in [7, 11) is 3.21. The van der Waals surface area contributed by atoms with Crippen molar-refractivity contribution >= 4 is 23.8 Å². The van der Waals surface area contributed by atoms with Gasteiger partial charge in [-0.15, -0.1) is 0 Å². The number of nitrogens with zero attached hydrogens (tertiary/aromatic N) is 2. The van der Waals surface area contributed by atoms with Gasteiger partial charge in [-0.2, -0.15) is 0 Å². The van der Waals surface area contributed by atoms with Crippen LogP contribution in [0.5, 0.6) is 0 Å². The van der Waals surface area contributed by atoms with Gasteiger partial charge in [0.25, 0.3) is 0 Å².